The van der Waals surface area contributed by atoms with E-state index in [1.54, 1.807) is 6.92 Å². The molecule has 10 heavy (non-hydrogen) atoms. The molecule has 0 aromatic rings. The minimum Gasteiger partial charge on any atom is -0.350 e. The summed E-state index contributed by atoms with van der Waals surface area (Å²) in [4.78, 5) is 10.6. The number of carbonyl (C=O) groups is 1. The molecule has 0 radical (unpaired) electrons. The summed E-state index contributed by atoms with van der Waals surface area (Å²) in [7, 11) is 0. The van der Waals surface area contributed by atoms with Crippen LogP contribution in [-0.2, 0) is 4.79 Å². The first-order chi connectivity index (χ1) is 4.54. The molecule has 0 rings (SSSR count). The van der Waals surface area contributed by atoms with E-state index >= 15 is 0 Å². The lowest BCUT2D eigenvalue weighted by atomic mass is 10.4. The maximum Gasteiger partial charge on any atom is 0.233 e. The van der Waals surface area contributed by atoms with Crippen LogP contribution in [0.1, 0.15) is 6.92 Å². The lowest BCUT2D eigenvalue weighted by Gasteiger charge is -2.03. The average Bonchev–Trinajstić information content (AvgIpc) is 1.82. The van der Waals surface area contributed by atoms with Crippen molar-refractivity contribution in [1.82, 2.24) is 5.32 Å². The van der Waals surface area contributed by atoms with Crippen LogP contribution in [0.3, 0.4) is 0 Å². The van der Waals surface area contributed by atoms with Crippen LogP contribution in [0.2, 0.25) is 0 Å². The Bertz CT molecular complexity index is 147. The SMILES string of the molecule is C=C(Cl)CNC(=O)C(C)Br. The molecule has 4 heteroatoms. The Hall–Kier alpha value is -0.0200. The molecule has 0 aromatic carbocycles. The third-order valence-electron chi connectivity index (χ3n) is 0.816. The Morgan fingerprint density at radius 1 is 1.90 bits per heavy atom. The molecule has 0 aliphatic heterocycles. The summed E-state index contributed by atoms with van der Waals surface area (Å²) in [5, 5.41) is 3.00. The molecule has 0 saturated carbocycles. The zero-order chi connectivity index (χ0) is 8.15. The van der Waals surface area contributed by atoms with E-state index in [-0.39, 0.29) is 10.7 Å². The third-order valence-corrected chi connectivity index (χ3v) is 1.37. The molecule has 58 valence electrons. The lowest BCUT2D eigenvalue weighted by Crippen LogP contribution is -2.30. The van der Waals surface area contributed by atoms with Crippen molar-refractivity contribution in [2.45, 2.75) is 11.8 Å². The van der Waals surface area contributed by atoms with Gasteiger partial charge >= 0.3 is 0 Å². The number of rotatable bonds is 3. The molecular weight excluding hydrogens is 217 g/mol. The summed E-state index contributed by atoms with van der Waals surface area (Å²) in [6.07, 6.45) is 0. The van der Waals surface area contributed by atoms with Gasteiger partial charge in [-0.25, -0.2) is 0 Å². The van der Waals surface area contributed by atoms with E-state index in [4.69, 9.17) is 11.6 Å². The topological polar surface area (TPSA) is 29.1 Å². The van der Waals surface area contributed by atoms with Crippen LogP contribution in [0.4, 0.5) is 0 Å². The standard InChI is InChI=1S/C6H9BrClNO/c1-4(8)3-9-6(10)5(2)7/h5H,1,3H2,2H3,(H,9,10). The maximum absolute atomic E-state index is 10.8. The van der Waals surface area contributed by atoms with E-state index in [2.05, 4.69) is 27.8 Å². The van der Waals surface area contributed by atoms with E-state index in [1.807, 2.05) is 0 Å². The molecule has 0 bridgehead atoms. The van der Waals surface area contributed by atoms with Crippen LogP contribution < -0.4 is 5.32 Å². The monoisotopic (exact) mass is 225 g/mol. The van der Waals surface area contributed by atoms with Crippen molar-refractivity contribution in [1.29, 1.82) is 0 Å². The van der Waals surface area contributed by atoms with Gasteiger partial charge in [0.25, 0.3) is 0 Å². The van der Waals surface area contributed by atoms with Gasteiger partial charge in [0.05, 0.1) is 11.4 Å². The van der Waals surface area contributed by atoms with Crippen LogP contribution in [0.15, 0.2) is 11.6 Å². The largest absolute Gasteiger partial charge is 0.350 e. The molecule has 0 spiro atoms. The summed E-state index contributed by atoms with van der Waals surface area (Å²) in [5.41, 5.74) is 0. The summed E-state index contributed by atoms with van der Waals surface area (Å²) in [5.74, 6) is -0.0817. The van der Waals surface area contributed by atoms with Crippen LogP contribution in [0.5, 0.6) is 0 Å². The first-order valence-electron chi connectivity index (χ1n) is 2.79. The van der Waals surface area contributed by atoms with E-state index in [9.17, 15) is 4.79 Å². The molecule has 0 aromatic heterocycles. The minimum absolute atomic E-state index is 0.0817. The van der Waals surface area contributed by atoms with E-state index in [0.717, 1.165) is 0 Å². The fourth-order valence-electron chi connectivity index (χ4n) is 0.324. The molecule has 0 heterocycles. The Morgan fingerprint density at radius 3 is 2.70 bits per heavy atom. The van der Waals surface area contributed by atoms with E-state index in [1.165, 1.54) is 0 Å². The second-order valence-electron chi connectivity index (χ2n) is 1.85. The highest BCUT2D eigenvalue weighted by Crippen LogP contribution is 1.98. The van der Waals surface area contributed by atoms with Gasteiger partial charge in [0.15, 0.2) is 0 Å². The number of hydrogen-bond acceptors (Lipinski definition) is 1. The van der Waals surface area contributed by atoms with Crippen molar-refractivity contribution >= 4 is 33.4 Å². The number of amides is 1. The molecule has 0 aliphatic carbocycles. The molecule has 1 atom stereocenters. The van der Waals surface area contributed by atoms with E-state index < -0.39 is 0 Å². The Morgan fingerprint density at radius 2 is 2.40 bits per heavy atom. The second kappa shape index (κ2) is 4.74. The van der Waals surface area contributed by atoms with Gasteiger partial charge in [0.2, 0.25) is 5.91 Å². The summed E-state index contributed by atoms with van der Waals surface area (Å²) >= 11 is 8.51. The molecule has 0 saturated heterocycles. The normalized spacial score (nSPS) is 12.3. The lowest BCUT2D eigenvalue weighted by molar-refractivity contribution is -0.119. The van der Waals surface area contributed by atoms with Gasteiger partial charge in [0, 0.05) is 5.03 Å². The van der Waals surface area contributed by atoms with Crippen molar-refractivity contribution in [3.05, 3.63) is 11.6 Å². The van der Waals surface area contributed by atoms with Gasteiger partial charge in [-0.05, 0) is 6.92 Å². The second-order valence-corrected chi connectivity index (χ2v) is 3.76. The van der Waals surface area contributed by atoms with Crippen LogP contribution in [-0.4, -0.2) is 17.3 Å². The Kier molecular flexibility index (Phi) is 4.73. The Labute approximate surface area is 73.8 Å². The zero-order valence-electron chi connectivity index (χ0n) is 5.66. The first kappa shape index (κ1) is 9.98. The van der Waals surface area contributed by atoms with Gasteiger partial charge in [-0.1, -0.05) is 34.1 Å². The van der Waals surface area contributed by atoms with Crippen LogP contribution in [0.25, 0.3) is 0 Å². The number of nitrogens with one attached hydrogen (secondary N) is 1. The van der Waals surface area contributed by atoms with Gasteiger partial charge in [-0.3, -0.25) is 4.79 Å². The molecule has 1 amide bonds. The summed E-state index contributed by atoms with van der Waals surface area (Å²) < 4.78 is 0. The third kappa shape index (κ3) is 4.82. The number of hydrogen-bond donors (Lipinski definition) is 1. The molecule has 1 unspecified atom stereocenters. The molecule has 0 fully saturated rings. The maximum atomic E-state index is 10.8. The summed E-state index contributed by atoms with van der Waals surface area (Å²) in [6, 6.07) is 0. The predicted octanol–water partition coefficient (Wildman–Crippen LogP) is 1.64. The fraction of sp³-hybridized carbons (Fsp3) is 0.500. The Balaban J connectivity index is 3.50. The highest BCUT2D eigenvalue weighted by Gasteiger charge is 2.06. The number of halogens is 2. The average molecular weight is 227 g/mol. The molecule has 0 aliphatic rings. The van der Waals surface area contributed by atoms with Crippen molar-refractivity contribution < 1.29 is 4.79 Å². The number of alkyl halides is 1. The van der Waals surface area contributed by atoms with Crippen molar-refractivity contribution in [3.8, 4) is 0 Å². The summed E-state index contributed by atoms with van der Waals surface area (Å²) in [6.45, 7) is 5.49. The van der Waals surface area contributed by atoms with Gasteiger partial charge in [-0.2, -0.15) is 0 Å². The number of carbonyl (C=O) groups excluding carboxylic acids is 1. The van der Waals surface area contributed by atoms with Crippen LogP contribution in [0, 0.1) is 0 Å². The zero-order valence-corrected chi connectivity index (χ0v) is 8.00. The quantitative estimate of drug-likeness (QED) is 0.728. The van der Waals surface area contributed by atoms with Crippen molar-refractivity contribution in [2.24, 2.45) is 0 Å². The molecular formula is C6H9BrClNO. The van der Waals surface area contributed by atoms with Gasteiger partial charge in [-0.15, -0.1) is 0 Å². The van der Waals surface area contributed by atoms with Crippen molar-refractivity contribution in [2.75, 3.05) is 6.54 Å². The predicted molar refractivity (Wildman–Crippen MR) is 46.4 cm³/mol. The molecule has 1 N–H and O–H groups in total. The van der Waals surface area contributed by atoms with Crippen molar-refractivity contribution in [3.63, 3.8) is 0 Å². The highest BCUT2D eigenvalue weighted by molar-refractivity contribution is 9.10. The smallest absolute Gasteiger partial charge is 0.233 e. The van der Waals surface area contributed by atoms with Gasteiger partial charge < -0.3 is 5.32 Å². The van der Waals surface area contributed by atoms with Gasteiger partial charge in [0.1, 0.15) is 0 Å². The minimum atomic E-state index is -0.177. The van der Waals surface area contributed by atoms with E-state index in [0.29, 0.717) is 11.6 Å². The fourth-order valence-corrected chi connectivity index (χ4v) is 0.552. The first-order valence-corrected chi connectivity index (χ1v) is 4.08. The van der Waals surface area contributed by atoms with Crippen LogP contribution >= 0.6 is 27.5 Å². The molecule has 2 nitrogen and oxygen atoms in total. The highest BCUT2D eigenvalue weighted by atomic mass is 79.9.